The Morgan fingerprint density at radius 3 is 2.73 bits per heavy atom. The van der Waals surface area contributed by atoms with Crippen LogP contribution >= 0.6 is 11.6 Å². The van der Waals surface area contributed by atoms with Gasteiger partial charge < -0.3 is 5.32 Å². The highest BCUT2D eigenvalue weighted by Gasteiger charge is 2.28. The number of fused-ring (bicyclic) bond motifs is 1. The zero-order valence-electron chi connectivity index (χ0n) is 11.0. The second-order valence-corrected chi connectivity index (χ2v) is 5.08. The van der Waals surface area contributed by atoms with Crippen LogP contribution in [-0.4, -0.2) is 10.8 Å². The van der Waals surface area contributed by atoms with Crippen molar-refractivity contribution in [3.05, 3.63) is 68.5 Å². The number of rotatable bonds is 2. The summed E-state index contributed by atoms with van der Waals surface area (Å²) in [5.41, 5.74) is 1.17. The smallest absolute Gasteiger partial charge is 0.288 e. The van der Waals surface area contributed by atoms with Crippen LogP contribution in [0.2, 0.25) is 5.02 Å². The lowest BCUT2D eigenvalue weighted by molar-refractivity contribution is -0.384. The Morgan fingerprint density at radius 2 is 2.05 bits per heavy atom. The minimum Gasteiger partial charge on any atom is -0.321 e. The summed E-state index contributed by atoms with van der Waals surface area (Å²) in [6, 6.07) is 8.27. The Morgan fingerprint density at radius 1 is 1.27 bits per heavy atom. The quantitative estimate of drug-likeness (QED) is 0.519. The summed E-state index contributed by atoms with van der Waals surface area (Å²) in [6.07, 6.45) is 1.47. The number of benzene rings is 2. The molecule has 0 radical (unpaired) electrons. The largest absolute Gasteiger partial charge is 0.321 e. The molecule has 1 heterocycles. The summed E-state index contributed by atoms with van der Waals surface area (Å²) in [5.74, 6) is -0.856. The van der Waals surface area contributed by atoms with Crippen LogP contribution in [0.4, 0.5) is 15.8 Å². The van der Waals surface area contributed by atoms with Crippen molar-refractivity contribution in [2.24, 2.45) is 0 Å². The van der Waals surface area contributed by atoms with Crippen molar-refractivity contribution in [2.75, 3.05) is 5.32 Å². The van der Waals surface area contributed by atoms with E-state index in [0.29, 0.717) is 16.8 Å². The standard InChI is InChI=1S/C15H8ClFN2O3/c16-12-7-13-10(6-14(12)19(21)22)11(15(20)18-13)5-8-2-1-3-9(17)4-8/h1-7H,(H,18,20)/b11-5+. The van der Waals surface area contributed by atoms with E-state index in [1.807, 2.05) is 0 Å². The molecule has 5 nitrogen and oxygen atoms in total. The predicted octanol–water partition coefficient (Wildman–Crippen LogP) is 3.88. The molecule has 3 rings (SSSR count). The molecule has 0 aliphatic carbocycles. The number of carbonyl (C=O) groups excluding carboxylic acids is 1. The number of carbonyl (C=O) groups is 1. The first-order valence-corrected chi connectivity index (χ1v) is 6.60. The zero-order chi connectivity index (χ0) is 15.9. The maximum absolute atomic E-state index is 13.2. The Labute approximate surface area is 129 Å². The molecule has 0 atom stereocenters. The minimum absolute atomic E-state index is 0.0592. The fraction of sp³-hybridized carbons (Fsp3) is 0. The molecular weight excluding hydrogens is 311 g/mol. The molecule has 1 N–H and O–H groups in total. The first-order chi connectivity index (χ1) is 10.5. The highest BCUT2D eigenvalue weighted by atomic mass is 35.5. The third-order valence-electron chi connectivity index (χ3n) is 3.23. The maximum Gasteiger partial charge on any atom is 0.288 e. The van der Waals surface area contributed by atoms with Gasteiger partial charge in [-0.2, -0.15) is 0 Å². The molecular formula is C15H8ClFN2O3. The summed E-state index contributed by atoms with van der Waals surface area (Å²) in [6.45, 7) is 0. The highest BCUT2D eigenvalue weighted by molar-refractivity contribution is 6.37. The van der Waals surface area contributed by atoms with Gasteiger partial charge in [-0.25, -0.2) is 4.39 Å². The maximum atomic E-state index is 13.2. The third kappa shape index (κ3) is 2.44. The fourth-order valence-corrected chi connectivity index (χ4v) is 2.48. The molecule has 2 aromatic carbocycles. The van der Waals surface area contributed by atoms with Crippen LogP contribution in [0.5, 0.6) is 0 Å². The van der Waals surface area contributed by atoms with E-state index in [9.17, 15) is 19.3 Å². The number of amides is 1. The Hall–Kier alpha value is -2.73. The topological polar surface area (TPSA) is 72.2 Å². The number of hydrogen-bond donors (Lipinski definition) is 1. The first-order valence-electron chi connectivity index (χ1n) is 6.22. The van der Waals surface area contributed by atoms with Crippen molar-refractivity contribution in [2.45, 2.75) is 0 Å². The van der Waals surface area contributed by atoms with Crippen molar-refractivity contribution in [3.8, 4) is 0 Å². The van der Waals surface area contributed by atoms with Crippen LogP contribution in [0, 0.1) is 15.9 Å². The monoisotopic (exact) mass is 318 g/mol. The van der Waals surface area contributed by atoms with Crippen LogP contribution in [0.1, 0.15) is 11.1 Å². The lowest BCUT2D eigenvalue weighted by atomic mass is 10.0. The molecule has 0 bridgehead atoms. The number of hydrogen-bond acceptors (Lipinski definition) is 3. The Balaban J connectivity index is 2.15. The van der Waals surface area contributed by atoms with Crippen LogP contribution in [0.25, 0.3) is 11.6 Å². The van der Waals surface area contributed by atoms with Crippen molar-refractivity contribution in [3.63, 3.8) is 0 Å². The molecule has 0 fully saturated rings. The fourth-order valence-electron chi connectivity index (χ4n) is 2.25. The van der Waals surface area contributed by atoms with E-state index < -0.39 is 16.6 Å². The average Bonchev–Trinajstić information content (AvgIpc) is 2.73. The van der Waals surface area contributed by atoms with Crippen molar-refractivity contribution in [1.82, 2.24) is 0 Å². The average molecular weight is 319 g/mol. The summed E-state index contributed by atoms with van der Waals surface area (Å²) in [7, 11) is 0. The molecule has 0 aromatic heterocycles. The van der Waals surface area contributed by atoms with Crippen LogP contribution in [0.3, 0.4) is 0 Å². The van der Waals surface area contributed by atoms with Crippen LogP contribution < -0.4 is 5.32 Å². The van der Waals surface area contributed by atoms with Gasteiger partial charge in [-0.05, 0) is 29.8 Å². The highest BCUT2D eigenvalue weighted by Crippen LogP contribution is 2.39. The van der Waals surface area contributed by atoms with Gasteiger partial charge in [-0.15, -0.1) is 0 Å². The predicted molar refractivity (Wildman–Crippen MR) is 81.0 cm³/mol. The Kier molecular flexibility index (Phi) is 3.38. The lowest BCUT2D eigenvalue weighted by Crippen LogP contribution is -2.03. The molecule has 0 saturated carbocycles. The number of halogens is 2. The van der Waals surface area contributed by atoms with Gasteiger partial charge >= 0.3 is 0 Å². The summed E-state index contributed by atoms with van der Waals surface area (Å²) in [5, 5.41) is 13.5. The van der Waals surface area contributed by atoms with Crippen molar-refractivity contribution >= 4 is 40.5 Å². The van der Waals surface area contributed by atoms with Crippen molar-refractivity contribution < 1.29 is 14.1 Å². The minimum atomic E-state index is -0.620. The number of nitro groups is 1. The van der Waals surface area contributed by atoms with Crippen LogP contribution in [0.15, 0.2) is 36.4 Å². The molecule has 22 heavy (non-hydrogen) atoms. The normalized spacial score (nSPS) is 14.8. The zero-order valence-corrected chi connectivity index (χ0v) is 11.7. The number of nitro benzene ring substituents is 1. The molecule has 2 aromatic rings. The van der Waals surface area contributed by atoms with E-state index in [2.05, 4.69) is 5.32 Å². The summed E-state index contributed by atoms with van der Waals surface area (Å²) in [4.78, 5) is 22.4. The van der Waals surface area contributed by atoms with E-state index in [0.717, 1.165) is 0 Å². The van der Waals surface area contributed by atoms with Crippen molar-refractivity contribution in [1.29, 1.82) is 0 Å². The molecule has 1 aliphatic rings. The van der Waals surface area contributed by atoms with Gasteiger partial charge in [-0.1, -0.05) is 23.7 Å². The number of anilines is 1. The van der Waals surface area contributed by atoms with E-state index in [4.69, 9.17) is 11.6 Å². The second-order valence-electron chi connectivity index (χ2n) is 4.67. The van der Waals surface area contributed by atoms with E-state index >= 15 is 0 Å². The second kappa shape index (κ2) is 5.23. The SMILES string of the molecule is O=C1Nc2cc(Cl)c([N+](=O)[O-])cc2/C1=C\c1cccc(F)c1. The van der Waals surface area contributed by atoms with Gasteiger partial charge in [-0.3, -0.25) is 14.9 Å². The molecule has 0 unspecified atom stereocenters. The van der Waals surface area contributed by atoms with Gasteiger partial charge in [0.2, 0.25) is 0 Å². The van der Waals surface area contributed by atoms with Gasteiger partial charge in [0.05, 0.1) is 10.6 Å². The third-order valence-corrected chi connectivity index (χ3v) is 3.53. The summed E-state index contributed by atoms with van der Waals surface area (Å²) < 4.78 is 13.2. The molecule has 0 spiro atoms. The molecule has 7 heteroatoms. The number of nitrogens with zero attached hydrogens (tertiary/aromatic N) is 1. The number of nitrogens with one attached hydrogen (secondary N) is 1. The van der Waals surface area contributed by atoms with E-state index in [1.165, 1.54) is 36.4 Å². The summed E-state index contributed by atoms with van der Waals surface area (Å²) >= 11 is 5.82. The van der Waals surface area contributed by atoms with Gasteiger partial charge in [0.25, 0.3) is 11.6 Å². The molecule has 0 saturated heterocycles. The molecule has 110 valence electrons. The molecule has 1 aliphatic heterocycles. The van der Waals surface area contributed by atoms with E-state index in [-0.39, 0.29) is 16.3 Å². The van der Waals surface area contributed by atoms with Crippen LogP contribution in [-0.2, 0) is 4.79 Å². The molecule has 1 amide bonds. The van der Waals surface area contributed by atoms with Gasteiger partial charge in [0, 0.05) is 17.2 Å². The lowest BCUT2D eigenvalue weighted by Gasteiger charge is -2.01. The van der Waals surface area contributed by atoms with Gasteiger partial charge in [0.15, 0.2) is 0 Å². The first kappa shape index (κ1) is 14.2. The Bertz CT molecular complexity index is 849. The van der Waals surface area contributed by atoms with Gasteiger partial charge in [0.1, 0.15) is 10.8 Å². The van der Waals surface area contributed by atoms with E-state index in [1.54, 1.807) is 6.07 Å².